The number of aromatic nitrogens is 3. The SMILES string of the molecule is Cc1c2cc(-c3ccc4c5ccccc5n(-c5ccccc5)c4c3)cc1-c1nc3ccccc3nc1Cc1ccc(-c3ccccc3)cc1-2. The van der Waals surface area contributed by atoms with Gasteiger partial charge in [-0.2, -0.15) is 0 Å². The highest BCUT2D eigenvalue weighted by molar-refractivity contribution is 6.10. The van der Waals surface area contributed by atoms with Crippen molar-refractivity contribution in [1.29, 1.82) is 0 Å². The van der Waals surface area contributed by atoms with E-state index in [0.717, 1.165) is 40.1 Å². The summed E-state index contributed by atoms with van der Waals surface area (Å²) in [5.41, 5.74) is 18.3. The third kappa shape index (κ3) is 4.43. The normalized spacial score (nSPS) is 12.1. The van der Waals surface area contributed by atoms with Gasteiger partial charge in [-0.15, -0.1) is 0 Å². The molecule has 7 aromatic carbocycles. The van der Waals surface area contributed by atoms with Crippen LogP contribution in [0, 0.1) is 6.92 Å². The molecule has 0 aliphatic heterocycles. The molecule has 0 N–H and O–H groups in total. The molecule has 0 saturated heterocycles. The molecule has 0 fully saturated rings. The molecule has 0 atom stereocenters. The Balaban J connectivity index is 1.26. The van der Waals surface area contributed by atoms with Crippen molar-refractivity contribution >= 4 is 32.8 Å². The number of para-hydroxylation sites is 4. The fourth-order valence-corrected chi connectivity index (χ4v) is 7.76. The standard InChI is InChI=1S/C46H31N3/c1-29-38-25-34(32-22-23-37-36-16-8-11-19-44(36)49(45(37)28-32)35-14-6-3-7-15-35)26-39(29)46-43(47-41-17-9-10-18-42(41)48-46)27-33-21-20-31(24-40(33)38)30-12-4-2-5-13-30/h2-26,28H,27H2,1H3. The molecule has 10 rings (SSSR count). The molecule has 9 aromatic rings. The fourth-order valence-electron chi connectivity index (χ4n) is 7.76. The zero-order valence-corrected chi connectivity index (χ0v) is 27.1. The highest BCUT2D eigenvalue weighted by Crippen LogP contribution is 2.44. The minimum absolute atomic E-state index is 0.720. The zero-order chi connectivity index (χ0) is 32.5. The van der Waals surface area contributed by atoms with Gasteiger partial charge in [0.05, 0.1) is 33.5 Å². The van der Waals surface area contributed by atoms with Gasteiger partial charge in [0.15, 0.2) is 0 Å². The summed E-state index contributed by atoms with van der Waals surface area (Å²) in [6.07, 6.45) is 0.720. The number of rotatable bonds is 3. The quantitative estimate of drug-likeness (QED) is 0.196. The molecule has 3 heteroatoms. The molecule has 230 valence electrons. The molecule has 1 aliphatic carbocycles. The van der Waals surface area contributed by atoms with Crippen LogP contribution >= 0.6 is 0 Å². The predicted octanol–water partition coefficient (Wildman–Crippen LogP) is 11.6. The van der Waals surface area contributed by atoms with Crippen LogP contribution in [0.3, 0.4) is 0 Å². The Labute approximate surface area is 284 Å². The van der Waals surface area contributed by atoms with E-state index in [9.17, 15) is 0 Å². The molecule has 0 spiro atoms. The molecule has 1 aliphatic rings. The van der Waals surface area contributed by atoms with Crippen molar-refractivity contribution in [2.75, 3.05) is 0 Å². The second kappa shape index (κ2) is 10.9. The van der Waals surface area contributed by atoms with Gasteiger partial charge in [0.1, 0.15) is 0 Å². The Hall–Kier alpha value is -6.32. The maximum atomic E-state index is 5.29. The molecule has 2 bridgehead atoms. The van der Waals surface area contributed by atoms with Gasteiger partial charge in [-0.1, -0.05) is 103 Å². The summed E-state index contributed by atoms with van der Waals surface area (Å²) in [6, 6.07) is 56.8. The maximum absolute atomic E-state index is 5.29. The lowest BCUT2D eigenvalue weighted by atomic mass is 9.83. The maximum Gasteiger partial charge on any atom is 0.0931 e. The van der Waals surface area contributed by atoms with Crippen molar-refractivity contribution in [3.05, 3.63) is 175 Å². The van der Waals surface area contributed by atoms with Gasteiger partial charge in [0, 0.05) is 28.4 Å². The van der Waals surface area contributed by atoms with E-state index in [1.807, 2.05) is 12.1 Å². The van der Waals surface area contributed by atoms with E-state index >= 15 is 0 Å². The van der Waals surface area contributed by atoms with E-state index in [1.54, 1.807) is 0 Å². The first-order valence-electron chi connectivity index (χ1n) is 16.9. The van der Waals surface area contributed by atoms with Crippen molar-refractivity contribution in [1.82, 2.24) is 14.5 Å². The summed E-state index contributed by atoms with van der Waals surface area (Å²) in [5.74, 6) is 0. The highest BCUT2D eigenvalue weighted by atomic mass is 15.0. The van der Waals surface area contributed by atoms with E-state index < -0.39 is 0 Å². The number of hydrogen-bond acceptors (Lipinski definition) is 2. The predicted molar refractivity (Wildman–Crippen MR) is 203 cm³/mol. The third-order valence-corrected chi connectivity index (χ3v) is 10.2. The molecule has 3 nitrogen and oxygen atoms in total. The lowest BCUT2D eigenvalue weighted by molar-refractivity contribution is 1.07. The van der Waals surface area contributed by atoms with Crippen LogP contribution in [0.2, 0.25) is 0 Å². The molecule has 2 aromatic heterocycles. The zero-order valence-electron chi connectivity index (χ0n) is 27.1. The molecular formula is C46H31N3. The molecular weight excluding hydrogens is 595 g/mol. The second-order valence-corrected chi connectivity index (χ2v) is 13.0. The summed E-state index contributed by atoms with van der Waals surface area (Å²) in [6.45, 7) is 2.25. The van der Waals surface area contributed by atoms with E-state index in [-0.39, 0.29) is 0 Å². The number of hydrogen-bond donors (Lipinski definition) is 0. The van der Waals surface area contributed by atoms with Gasteiger partial charge >= 0.3 is 0 Å². The first-order valence-corrected chi connectivity index (χ1v) is 16.9. The van der Waals surface area contributed by atoms with Gasteiger partial charge < -0.3 is 4.57 Å². The number of benzene rings is 7. The van der Waals surface area contributed by atoms with Crippen molar-refractivity contribution in [3.8, 4) is 50.3 Å². The lowest BCUT2D eigenvalue weighted by Gasteiger charge is -2.23. The topological polar surface area (TPSA) is 30.7 Å². The first kappa shape index (κ1) is 27.8. The van der Waals surface area contributed by atoms with Crippen LogP contribution in [0.5, 0.6) is 0 Å². The Morgan fingerprint density at radius 2 is 1.10 bits per heavy atom. The Kier molecular flexibility index (Phi) is 6.16. The first-order chi connectivity index (χ1) is 24.2. The van der Waals surface area contributed by atoms with Gasteiger partial charge in [-0.05, 0) is 106 Å². The van der Waals surface area contributed by atoms with Crippen LogP contribution in [0.4, 0.5) is 0 Å². The van der Waals surface area contributed by atoms with Crippen LogP contribution in [-0.4, -0.2) is 14.5 Å². The van der Waals surface area contributed by atoms with Crippen LogP contribution in [0.1, 0.15) is 16.8 Å². The van der Waals surface area contributed by atoms with Crippen molar-refractivity contribution in [2.24, 2.45) is 0 Å². The van der Waals surface area contributed by atoms with Crippen LogP contribution in [0.25, 0.3) is 83.2 Å². The molecule has 0 unspecified atom stereocenters. The van der Waals surface area contributed by atoms with Crippen molar-refractivity contribution < 1.29 is 0 Å². The smallest absolute Gasteiger partial charge is 0.0931 e. The number of nitrogens with zero attached hydrogens (tertiary/aromatic N) is 3. The summed E-state index contributed by atoms with van der Waals surface area (Å²) in [4.78, 5) is 10.5. The molecule has 0 radical (unpaired) electrons. The van der Waals surface area contributed by atoms with Gasteiger partial charge in [-0.3, -0.25) is 0 Å². The summed E-state index contributed by atoms with van der Waals surface area (Å²) < 4.78 is 2.39. The second-order valence-electron chi connectivity index (χ2n) is 13.0. The Morgan fingerprint density at radius 1 is 0.469 bits per heavy atom. The Morgan fingerprint density at radius 3 is 1.94 bits per heavy atom. The number of fused-ring (bicyclic) bond motifs is 10. The lowest BCUT2D eigenvalue weighted by Crippen LogP contribution is -2.06. The molecule has 0 amide bonds. The fraction of sp³-hybridized carbons (Fsp3) is 0.0435. The van der Waals surface area contributed by atoms with E-state index in [0.29, 0.717) is 0 Å². The Bertz CT molecular complexity index is 2740. The van der Waals surface area contributed by atoms with Crippen LogP contribution in [-0.2, 0) is 6.42 Å². The van der Waals surface area contributed by atoms with E-state index in [4.69, 9.17) is 9.97 Å². The molecule has 2 heterocycles. The molecule has 0 saturated carbocycles. The largest absolute Gasteiger partial charge is 0.309 e. The van der Waals surface area contributed by atoms with Gasteiger partial charge in [0.25, 0.3) is 0 Å². The summed E-state index contributed by atoms with van der Waals surface area (Å²) >= 11 is 0. The average Bonchev–Trinajstić information content (AvgIpc) is 3.49. The third-order valence-electron chi connectivity index (χ3n) is 10.2. The minimum atomic E-state index is 0.720. The molecule has 49 heavy (non-hydrogen) atoms. The van der Waals surface area contributed by atoms with Gasteiger partial charge in [-0.25, -0.2) is 9.97 Å². The minimum Gasteiger partial charge on any atom is -0.309 e. The van der Waals surface area contributed by atoms with Crippen LogP contribution < -0.4 is 0 Å². The monoisotopic (exact) mass is 625 g/mol. The van der Waals surface area contributed by atoms with Crippen molar-refractivity contribution in [3.63, 3.8) is 0 Å². The van der Waals surface area contributed by atoms with Crippen molar-refractivity contribution in [2.45, 2.75) is 13.3 Å². The van der Waals surface area contributed by atoms with E-state index in [2.05, 4.69) is 157 Å². The summed E-state index contributed by atoms with van der Waals surface area (Å²) in [7, 11) is 0. The summed E-state index contributed by atoms with van der Waals surface area (Å²) in [5, 5.41) is 2.50. The highest BCUT2D eigenvalue weighted by Gasteiger charge is 2.24. The van der Waals surface area contributed by atoms with Crippen LogP contribution in [0.15, 0.2) is 158 Å². The van der Waals surface area contributed by atoms with E-state index in [1.165, 1.54) is 66.3 Å². The van der Waals surface area contributed by atoms with Gasteiger partial charge in [0.2, 0.25) is 0 Å². The average molecular weight is 626 g/mol.